The van der Waals surface area contributed by atoms with E-state index in [4.69, 9.17) is 21.1 Å². The molecule has 1 aromatic heterocycles. The summed E-state index contributed by atoms with van der Waals surface area (Å²) >= 11 is 6.10. The summed E-state index contributed by atoms with van der Waals surface area (Å²) in [6, 6.07) is 15.6. The number of anilines is 3. The zero-order valence-electron chi connectivity index (χ0n) is 14.7. The Kier molecular flexibility index (Phi) is 5.73. The number of hydrogen-bond acceptors (Lipinski definition) is 6. The molecular formula is C19H17ClN4O3. The minimum Gasteiger partial charge on any atom is -0.497 e. The normalized spacial score (nSPS) is 10.2. The van der Waals surface area contributed by atoms with Crippen molar-refractivity contribution in [2.75, 3.05) is 24.9 Å². The van der Waals surface area contributed by atoms with E-state index in [-0.39, 0.29) is 5.69 Å². The fourth-order valence-electron chi connectivity index (χ4n) is 2.32. The van der Waals surface area contributed by atoms with Gasteiger partial charge in [-0.2, -0.15) is 0 Å². The van der Waals surface area contributed by atoms with Crippen molar-refractivity contribution in [2.45, 2.75) is 0 Å². The second-order valence-electron chi connectivity index (χ2n) is 5.43. The Morgan fingerprint density at radius 1 is 0.963 bits per heavy atom. The molecule has 0 saturated heterocycles. The van der Waals surface area contributed by atoms with Gasteiger partial charge in [-0.3, -0.25) is 4.79 Å². The molecular weight excluding hydrogens is 368 g/mol. The van der Waals surface area contributed by atoms with E-state index in [2.05, 4.69) is 20.8 Å². The van der Waals surface area contributed by atoms with Gasteiger partial charge in [0.25, 0.3) is 5.91 Å². The second-order valence-corrected chi connectivity index (χ2v) is 5.84. The van der Waals surface area contributed by atoms with Gasteiger partial charge in [-0.15, -0.1) is 10.2 Å². The van der Waals surface area contributed by atoms with Crippen LogP contribution in [-0.2, 0) is 0 Å². The van der Waals surface area contributed by atoms with Crippen molar-refractivity contribution < 1.29 is 14.3 Å². The average Bonchev–Trinajstić information content (AvgIpc) is 2.70. The first kappa shape index (κ1) is 18.5. The predicted molar refractivity (Wildman–Crippen MR) is 104 cm³/mol. The Bertz CT molecular complexity index is 948. The van der Waals surface area contributed by atoms with Gasteiger partial charge in [0.1, 0.15) is 11.5 Å². The lowest BCUT2D eigenvalue weighted by molar-refractivity contribution is 0.102. The topological polar surface area (TPSA) is 85.4 Å². The van der Waals surface area contributed by atoms with E-state index in [0.29, 0.717) is 33.7 Å². The number of carbonyl (C=O) groups is 1. The number of methoxy groups -OCH3 is 2. The molecule has 8 heteroatoms. The third-order valence-electron chi connectivity index (χ3n) is 3.69. The number of hydrogen-bond donors (Lipinski definition) is 2. The molecule has 3 rings (SSSR count). The number of ether oxygens (including phenoxy) is 2. The standard InChI is InChI=1S/C19H17ClN4O3/c1-26-12-7-9-17(27-2)16(11-12)22-19(25)15-8-10-18(24-23-15)21-14-6-4-3-5-13(14)20/h3-11H,1-2H3,(H,21,24)(H,22,25). The Morgan fingerprint density at radius 3 is 2.44 bits per heavy atom. The zero-order valence-corrected chi connectivity index (χ0v) is 15.4. The quantitative estimate of drug-likeness (QED) is 0.664. The largest absolute Gasteiger partial charge is 0.497 e. The van der Waals surface area contributed by atoms with Gasteiger partial charge in [0.05, 0.1) is 30.6 Å². The summed E-state index contributed by atoms with van der Waals surface area (Å²) in [5, 5.41) is 14.3. The number of amides is 1. The van der Waals surface area contributed by atoms with Gasteiger partial charge in [-0.25, -0.2) is 0 Å². The molecule has 0 atom stereocenters. The smallest absolute Gasteiger partial charge is 0.276 e. The van der Waals surface area contributed by atoms with Crippen LogP contribution in [0.15, 0.2) is 54.6 Å². The van der Waals surface area contributed by atoms with Gasteiger partial charge in [-0.05, 0) is 36.4 Å². The summed E-state index contributed by atoms with van der Waals surface area (Å²) < 4.78 is 10.4. The maximum absolute atomic E-state index is 12.5. The Morgan fingerprint density at radius 2 is 1.78 bits per heavy atom. The summed E-state index contributed by atoms with van der Waals surface area (Å²) in [5.41, 5.74) is 1.33. The van der Waals surface area contributed by atoms with Gasteiger partial charge in [0.15, 0.2) is 11.5 Å². The van der Waals surface area contributed by atoms with Gasteiger partial charge < -0.3 is 20.1 Å². The molecule has 0 bridgehead atoms. The molecule has 0 aliphatic heterocycles. The third-order valence-corrected chi connectivity index (χ3v) is 4.02. The van der Waals surface area contributed by atoms with E-state index in [0.717, 1.165) is 0 Å². The van der Waals surface area contributed by atoms with Crippen molar-refractivity contribution >= 4 is 34.7 Å². The molecule has 1 heterocycles. The molecule has 0 spiro atoms. The number of nitrogens with one attached hydrogen (secondary N) is 2. The highest BCUT2D eigenvalue weighted by atomic mass is 35.5. The first-order chi connectivity index (χ1) is 13.1. The van der Waals surface area contributed by atoms with E-state index < -0.39 is 5.91 Å². The molecule has 138 valence electrons. The van der Waals surface area contributed by atoms with Crippen LogP contribution in [0.25, 0.3) is 0 Å². The second kappa shape index (κ2) is 8.37. The molecule has 3 aromatic rings. The van der Waals surface area contributed by atoms with Crippen molar-refractivity contribution in [3.05, 3.63) is 65.3 Å². The minimum atomic E-state index is -0.418. The monoisotopic (exact) mass is 384 g/mol. The maximum atomic E-state index is 12.5. The van der Waals surface area contributed by atoms with Gasteiger partial charge in [-0.1, -0.05) is 23.7 Å². The molecule has 0 radical (unpaired) electrons. The SMILES string of the molecule is COc1ccc(OC)c(NC(=O)c2ccc(Nc3ccccc3Cl)nn2)c1. The third kappa shape index (κ3) is 4.45. The number of aromatic nitrogens is 2. The van der Waals surface area contributed by atoms with Crippen molar-refractivity contribution in [1.82, 2.24) is 10.2 Å². The lowest BCUT2D eigenvalue weighted by Gasteiger charge is -2.11. The highest BCUT2D eigenvalue weighted by Gasteiger charge is 2.13. The summed E-state index contributed by atoms with van der Waals surface area (Å²) in [6.45, 7) is 0. The number of para-hydroxylation sites is 1. The average molecular weight is 385 g/mol. The molecule has 2 N–H and O–H groups in total. The zero-order chi connectivity index (χ0) is 19.2. The lowest BCUT2D eigenvalue weighted by Crippen LogP contribution is -2.15. The van der Waals surface area contributed by atoms with E-state index >= 15 is 0 Å². The van der Waals surface area contributed by atoms with Crippen LogP contribution in [0.1, 0.15) is 10.5 Å². The molecule has 27 heavy (non-hydrogen) atoms. The molecule has 0 aliphatic carbocycles. The fourth-order valence-corrected chi connectivity index (χ4v) is 2.50. The van der Waals surface area contributed by atoms with Crippen molar-refractivity contribution in [1.29, 1.82) is 0 Å². The number of benzene rings is 2. The molecule has 1 amide bonds. The summed E-state index contributed by atoms with van der Waals surface area (Å²) in [7, 11) is 3.07. The van der Waals surface area contributed by atoms with E-state index in [1.165, 1.54) is 7.11 Å². The van der Waals surface area contributed by atoms with E-state index in [1.807, 2.05) is 18.2 Å². The van der Waals surface area contributed by atoms with Crippen LogP contribution in [-0.4, -0.2) is 30.3 Å². The Balaban J connectivity index is 1.74. The van der Waals surface area contributed by atoms with E-state index in [1.54, 1.807) is 43.5 Å². The number of rotatable bonds is 6. The fraction of sp³-hybridized carbons (Fsp3) is 0.105. The number of carbonyl (C=O) groups excluding carboxylic acids is 1. The lowest BCUT2D eigenvalue weighted by atomic mass is 10.2. The molecule has 7 nitrogen and oxygen atoms in total. The predicted octanol–water partition coefficient (Wildman–Crippen LogP) is 4.14. The maximum Gasteiger partial charge on any atom is 0.276 e. The summed E-state index contributed by atoms with van der Waals surface area (Å²) in [5.74, 6) is 1.16. The van der Waals surface area contributed by atoms with Crippen LogP contribution in [0.4, 0.5) is 17.2 Å². The van der Waals surface area contributed by atoms with Crippen LogP contribution in [0.2, 0.25) is 5.02 Å². The van der Waals surface area contributed by atoms with Gasteiger partial charge >= 0.3 is 0 Å². The molecule has 2 aromatic carbocycles. The van der Waals surface area contributed by atoms with Crippen LogP contribution >= 0.6 is 11.6 Å². The van der Waals surface area contributed by atoms with Gasteiger partial charge in [0.2, 0.25) is 0 Å². The Labute approximate surface area is 161 Å². The highest BCUT2D eigenvalue weighted by molar-refractivity contribution is 6.33. The minimum absolute atomic E-state index is 0.157. The van der Waals surface area contributed by atoms with Crippen molar-refractivity contribution in [2.24, 2.45) is 0 Å². The number of nitrogens with zero attached hydrogens (tertiary/aromatic N) is 2. The Hall–Kier alpha value is -3.32. The molecule has 0 aliphatic rings. The van der Waals surface area contributed by atoms with Crippen LogP contribution < -0.4 is 20.1 Å². The summed E-state index contributed by atoms with van der Waals surface area (Å²) in [4.78, 5) is 12.5. The van der Waals surface area contributed by atoms with Crippen molar-refractivity contribution in [3.63, 3.8) is 0 Å². The van der Waals surface area contributed by atoms with Crippen LogP contribution in [0.5, 0.6) is 11.5 Å². The highest BCUT2D eigenvalue weighted by Crippen LogP contribution is 2.29. The van der Waals surface area contributed by atoms with Gasteiger partial charge in [0, 0.05) is 6.07 Å². The molecule has 0 saturated carbocycles. The number of halogens is 1. The summed E-state index contributed by atoms with van der Waals surface area (Å²) in [6.07, 6.45) is 0. The first-order valence-corrected chi connectivity index (χ1v) is 8.37. The van der Waals surface area contributed by atoms with Crippen LogP contribution in [0, 0.1) is 0 Å². The first-order valence-electron chi connectivity index (χ1n) is 7.99. The molecule has 0 unspecified atom stereocenters. The van der Waals surface area contributed by atoms with Crippen molar-refractivity contribution in [3.8, 4) is 11.5 Å². The van der Waals surface area contributed by atoms with E-state index in [9.17, 15) is 4.79 Å². The van der Waals surface area contributed by atoms with Crippen LogP contribution in [0.3, 0.4) is 0 Å². The molecule has 0 fully saturated rings.